The molecule has 0 aromatic heterocycles. The molecule has 0 unspecified atom stereocenters. The molecule has 0 fully saturated rings. The Morgan fingerprint density at radius 1 is 0.812 bits per heavy atom. The van der Waals surface area contributed by atoms with Crippen LogP contribution in [0, 0.1) is 5.41 Å². The third kappa shape index (κ3) is 22.1. The number of nitrogens with zero attached hydrogens (tertiary/aromatic N) is 1. The molecule has 1 aromatic rings. The summed E-state index contributed by atoms with van der Waals surface area (Å²) in [7, 11) is 4.74. The van der Waals surface area contributed by atoms with Crippen molar-refractivity contribution < 1.29 is 14.4 Å². The van der Waals surface area contributed by atoms with E-state index in [2.05, 4.69) is 84.3 Å². The molecule has 0 atom stereocenters. The summed E-state index contributed by atoms with van der Waals surface area (Å²) in [6.07, 6.45) is 35.0. The van der Waals surface area contributed by atoms with E-state index in [9.17, 15) is 9.90 Å². The molecule has 2 rings (SSSR count). The summed E-state index contributed by atoms with van der Waals surface area (Å²) in [6, 6.07) is 10.9. The summed E-state index contributed by atoms with van der Waals surface area (Å²) in [5, 5.41) is 10.4. The maximum absolute atomic E-state index is 10.4. The van der Waals surface area contributed by atoms with Gasteiger partial charge in [0, 0.05) is 5.56 Å². The molecule has 1 aliphatic rings. The average Bonchev–Trinajstić information content (AvgIpc) is 3.01. The van der Waals surface area contributed by atoms with E-state index >= 15 is 0 Å². The van der Waals surface area contributed by atoms with Gasteiger partial charge in [-0.3, -0.25) is 0 Å². The second-order valence-electron chi connectivity index (χ2n) is 15.6. The number of aliphatic carboxylic acids is 1. The standard InChI is InChI=1S/C25H46N.C20H28O2/c1-4-5-6-7-8-9-10-11-12-13-14-15-16-20-23-26(2,3)24-25-21-18-17-19-22-25;1-15(8-6-9-16(2)14-19(21)22)11-12-18-17(3)10-7-13-20(18,4)5/h17-19,21-22H,4-16,20,23-24H2,1-3H3;6,8-9,11-12,14H,7,10,13H2,1-5H3,(H,21,22)/q+1;/p-1/b;9-6?,12-11?,15-8?,16-14-. The summed E-state index contributed by atoms with van der Waals surface area (Å²) in [5.41, 5.74) is 6.46. The van der Waals surface area contributed by atoms with Crippen LogP contribution < -0.4 is 5.11 Å². The summed E-state index contributed by atoms with van der Waals surface area (Å²) in [6.45, 7) is 15.4. The van der Waals surface area contributed by atoms with E-state index in [4.69, 9.17) is 0 Å². The predicted molar refractivity (Wildman–Crippen MR) is 209 cm³/mol. The zero-order valence-corrected chi connectivity index (χ0v) is 32.5. The van der Waals surface area contributed by atoms with Gasteiger partial charge in [0.2, 0.25) is 0 Å². The molecule has 0 radical (unpaired) electrons. The fraction of sp³-hybridized carbons (Fsp3) is 0.622. The van der Waals surface area contributed by atoms with Crippen LogP contribution in [-0.2, 0) is 11.3 Å². The van der Waals surface area contributed by atoms with Crippen molar-refractivity contribution in [3.05, 3.63) is 94.6 Å². The maximum atomic E-state index is 10.4. The number of hydrogen-bond donors (Lipinski definition) is 0. The highest BCUT2D eigenvalue weighted by Gasteiger charge is 2.26. The van der Waals surface area contributed by atoms with E-state index in [0.29, 0.717) is 5.57 Å². The largest absolute Gasteiger partial charge is 0.545 e. The molecule has 0 bridgehead atoms. The first kappa shape index (κ1) is 43.4. The van der Waals surface area contributed by atoms with Gasteiger partial charge in [0.1, 0.15) is 6.54 Å². The molecule has 0 saturated carbocycles. The second-order valence-corrected chi connectivity index (χ2v) is 15.6. The van der Waals surface area contributed by atoms with Crippen LogP contribution in [0.2, 0.25) is 0 Å². The summed E-state index contributed by atoms with van der Waals surface area (Å²) >= 11 is 0. The Morgan fingerprint density at radius 2 is 1.35 bits per heavy atom. The van der Waals surface area contributed by atoms with Gasteiger partial charge in [-0.2, -0.15) is 0 Å². The zero-order valence-electron chi connectivity index (χ0n) is 32.5. The minimum atomic E-state index is -1.16. The number of benzene rings is 1. The molecule has 1 aromatic carbocycles. The Bertz CT molecular complexity index is 1160. The van der Waals surface area contributed by atoms with Gasteiger partial charge in [0.15, 0.2) is 0 Å². The van der Waals surface area contributed by atoms with Gasteiger partial charge in [-0.1, -0.05) is 170 Å². The Labute approximate surface area is 297 Å². The molecule has 0 saturated heterocycles. The number of carboxylic acids is 1. The van der Waals surface area contributed by atoms with Gasteiger partial charge < -0.3 is 14.4 Å². The fourth-order valence-corrected chi connectivity index (χ4v) is 6.76. The van der Waals surface area contributed by atoms with E-state index < -0.39 is 5.97 Å². The van der Waals surface area contributed by atoms with Crippen LogP contribution in [0.3, 0.4) is 0 Å². The van der Waals surface area contributed by atoms with Crippen molar-refractivity contribution >= 4 is 5.97 Å². The molecule has 48 heavy (non-hydrogen) atoms. The lowest BCUT2D eigenvalue weighted by Crippen LogP contribution is -2.39. The van der Waals surface area contributed by atoms with Crippen molar-refractivity contribution in [2.75, 3.05) is 20.6 Å². The number of unbranched alkanes of at least 4 members (excludes halogenated alkanes) is 13. The first-order valence-corrected chi connectivity index (χ1v) is 19.3. The quantitative estimate of drug-likeness (QED) is 0.0538. The zero-order chi connectivity index (χ0) is 35.7. The summed E-state index contributed by atoms with van der Waals surface area (Å²) < 4.78 is 1.11. The van der Waals surface area contributed by atoms with Crippen molar-refractivity contribution in [1.82, 2.24) is 0 Å². The van der Waals surface area contributed by atoms with Crippen molar-refractivity contribution in [3.63, 3.8) is 0 Å². The summed E-state index contributed by atoms with van der Waals surface area (Å²) in [5.74, 6) is -1.16. The highest BCUT2D eigenvalue weighted by molar-refractivity contribution is 5.79. The van der Waals surface area contributed by atoms with Gasteiger partial charge in [-0.15, -0.1) is 0 Å². The molecular formula is C45H73NO2. The van der Waals surface area contributed by atoms with Gasteiger partial charge in [-0.05, 0) is 75.5 Å². The first-order valence-electron chi connectivity index (χ1n) is 19.3. The van der Waals surface area contributed by atoms with E-state index in [1.165, 1.54) is 132 Å². The number of carbonyl (C=O) groups is 1. The van der Waals surface area contributed by atoms with Crippen LogP contribution >= 0.6 is 0 Å². The van der Waals surface area contributed by atoms with Crippen LogP contribution in [0.1, 0.15) is 156 Å². The highest BCUT2D eigenvalue weighted by Crippen LogP contribution is 2.40. The number of hydrogen-bond acceptors (Lipinski definition) is 2. The maximum Gasteiger partial charge on any atom is 0.104 e. The fourth-order valence-electron chi connectivity index (χ4n) is 6.76. The Morgan fingerprint density at radius 3 is 1.88 bits per heavy atom. The molecule has 0 spiro atoms. The Hall–Kier alpha value is -2.65. The third-order valence-electron chi connectivity index (χ3n) is 9.69. The lowest BCUT2D eigenvalue weighted by molar-refractivity contribution is -0.903. The monoisotopic (exact) mass is 660 g/mol. The number of carboxylic acid groups (broad SMARTS) is 1. The van der Waals surface area contributed by atoms with Gasteiger partial charge in [-0.25, -0.2) is 0 Å². The van der Waals surface area contributed by atoms with Crippen LogP contribution in [-0.4, -0.2) is 31.1 Å². The third-order valence-corrected chi connectivity index (χ3v) is 9.69. The molecule has 0 heterocycles. The van der Waals surface area contributed by atoms with Gasteiger partial charge >= 0.3 is 0 Å². The molecule has 270 valence electrons. The second kappa shape index (κ2) is 25.3. The van der Waals surface area contributed by atoms with E-state index in [1.807, 2.05) is 19.1 Å². The molecule has 0 aliphatic heterocycles. The minimum Gasteiger partial charge on any atom is -0.545 e. The van der Waals surface area contributed by atoms with E-state index in [0.717, 1.165) is 22.7 Å². The van der Waals surface area contributed by atoms with Crippen molar-refractivity contribution in [1.29, 1.82) is 0 Å². The smallest absolute Gasteiger partial charge is 0.104 e. The molecule has 3 nitrogen and oxygen atoms in total. The first-order chi connectivity index (χ1) is 22.9. The summed E-state index contributed by atoms with van der Waals surface area (Å²) in [4.78, 5) is 10.4. The SMILES string of the molecule is CC(C=CC1=C(C)CCCC1(C)C)=CC=C/C(C)=C\C(=O)[O-].CCCCCCCCCCCCCCCC[N+](C)(C)Cc1ccccc1. The average molecular weight is 660 g/mol. The molecule has 3 heteroatoms. The highest BCUT2D eigenvalue weighted by atomic mass is 16.4. The van der Waals surface area contributed by atoms with Crippen molar-refractivity contribution in [2.24, 2.45) is 5.41 Å². The Balaban J connectivity index is 0.000000487. The van der Waals surface area contributed by atoms with Crippen molar-refractivity contribution in [2.45, 2.75) is 157 Å². The predicted octanol–water partition coefficient (Wildman–Crippen LogP) is 12.0. The van der Waals surface area contributed by atoms with Crippen LogP contribution in [0.5, 0.6) is 0 Å². The lowest BCUT2D eigenvalue weighted by Gasteiger charge is -2.32. The Kier molecular flexibility index (Phi) is 22.9. The molecule has 0 N–H and O–H groups in total. The minimum absolute atomic E-state index is 0.253. The van der Waals surface area contributed by atoms with Gasteiger partial charge in [0.05, 0.1) is 26.6 Å². The van der Waals surface area contributed by atoms with Crippen LogP contribution in [0.4, 0.5) is 0 Å². The number of allylic oxidation sites excluding steroid dienone is 9. The van der Waals surface area contributed by atoms with E-state index in [1.54, 1.807) is 13.0 Å². The lowest BCUT2D eigenvalue weighted by atomic mass is 9.72. The van der Waals surface area contributed by atoms with Crippen molar-refractivity contribution in [3.8, 4) is 0 Å². The molecule has 0 amide bonds. The number of rotatable bonds is 22. The molecule has 1 aliphatic carbocycles. The normalized spacial score (nSPS) is 15.7. The van der Waals surface area contributed by atoms with Crippen LogP contribution in [0.15, 0.2) is 89.1 Å². The molecular weight excluding hydrogens is 587 g/mol. The van der Waals surface area contributed by atoms with Gasteiger partial charge in [0.25, 0.3) is 0 Å². The topological polar surface area (TPSA) is 40.1 Å². The van der Waals surface area contributed by atoms with E-state index in [-0.39, 0.29) is 5.41 Å². The number of carbonyl (C=O) groups excluding carboxylic acids is 1. The van der Waals surface area contributed by atoms with Crippen LogP contribution in [0.25, 0.3) is 0 Å². The number of quaternary nitrogens is 1.